The maximum Gasteiger partial charge on any atom is 0.224 e. The number of hydrogen-bond donors (Lipinski definition) is 0. The minimum absolute atomic E-state index is 0.0892. The molecule has 2 fully saturated rings. The maximum atomic E-state index is 12.1. The van der Waals surface area contributed by atoms with Crippen LogP contribution in [0.4, 0.5) is 0 Å². The Morgan fingerprint density at radius 3 is 2.31 bits per heavy atom. The van der Waals surface area contributed by atoms with Crippen LogP contribution in [0.5, 0.6) is 0 Å². The number of carbonyl (C=O) groups is 1. The van der Waals surface area contributed by atoms with Crippen LogP contribution in [0.3, 0.4) is 0 Å². The highest BCUT2D eigenvalue weighted by Gasteiger charge is 2.45. The smallest absolute Gasteiger partial charge is 0.224 e. The highest BCUT2D eigenvalue weighted by molar-refractivity contribution is 5.76. The second kappa shape index (κ2) is 11.7. The van der Waals surface area contributed by atoms with Crippen LogP contribution < -0.4 is 0 Å². The summed E-state index contributed by atoms with van der Waals surface area (Å²) in [6.45, 7) is 4.82. The van der Waals surface area contributed by atoms with Crippen molar-refractivity contribution in [3.63, 3.8) is 0 Å². The molecule has 0 aromatic heterocycles. The van der Waals surface area contributed by atoms with Gasteiger partial charge in [0.25, 0.3) is 0 Å². The average molecular weight is 412 g/mol. The van der Waals surface area contributed by atoms with E-state index in [1.165, 1.54) is 32.1 Å². The Kier molecular flexibility index (Phi) is 9.90. The molecule has 5 nitrogen and oxygen atoms in total. The van der Waals surface area contributed by atoms with Gasteiger partial charge >= 0.3 is 0 Å². The summed E-state index contributed by atoms with van der Waals surface area (Å²) in [6.07, 6.45) is 9.09. The molecular weight excluding hydrogens is 366 g/mol. The first-order valence-corrected chi connectivity index (χ1v) is 11.6. The summed E-state index contributed by atoms with van der Waals surface area (Å²) in [5.74, 6) is 3.83. The SMILES string of the molecule is COC(CC[C@@H]1[C@@H]2C(CC[C@@H]1C)C[C@H](C)C[C@@H]2OC)CC(CC(=O)N(C)C)OC. The van der Waals surface area contributed by atoms with Crippen molar-refractivity contribution in [1.29, 1.82) is 0 Å². The van der Waals surface area contributed by atoms with E-state index in [-0.39, 0.29) is 18.1 Å². The number of methoxy groups -OCH3 is 3. The summed E-state index contributed by atoms with van der Waals surface area (Å²) in [7, 11) is 8.97. The Hall–Kier alpha value is -0.650. The lowest BCUT2D eigenvalue weighted by Gasteiger charge is -2.50. The van der Waals surface area contributed by atoms with Crippen LogP contribution in [0, 0.1) is 29.6 Å². The zero-order chi connectivity index (χ0) is 21.6. The molecule has 2 aliphatic carbocycles. The predicted octanol–water partition coefficient (Wildman–Crippen LogP) is 4.39. The van der Waals surface area contributed by atoms with Crippen molar-refractivity contribution < 1.29 is 19.0 Å². The van der Waals surface area contributed by atoms with Gasteiger partial charge in [0.05, 0.1) is 24.7 Å². The van der Waals surface area contributed by atoms with Crippen LogP contribution in [0.15, 0.2) is 0 Å². The molecule has 5 heteroatoms. The van der Waals surface area contributed by atoms with E-state index < -0.39 is 0 Å². The lowest BCUT2D eigenvalue weighted by molar-refractivity contribution is -0.131. The van der Waals surface area contributed by atoms with Crippen LogP contribution in [0.1, 0.15) is 65.2 Å². The topological polar surface area (TPSA) is 48.0 Å². The molecule has 0 N–H and O–H groups in total. The number of amides is 1. The zero-order valence-corrected chi connectivity index (χ0v) is 19.9. The lowest BCUT2D eigenvalue weighted by atomic mass is 9.58. The third-order valence-electron chi connectivity index (χ3n) is 7.75. The molecule has 0 saturated heterocycles. The monoisotopic (exact) mass is 411 g/mol. The van der Waals surface area contributed by atoms with Crippen molar-refractivity contribution in [2.45, 2.75) is 83.5 Å². The van der Waals surface area contributed by atoms with Crippen LogP contribution in [-0.2, 0) is 19.0 Å². The minimum Gasteiger partial charge on any atom is -0.381 e. The van der Waals surface area contributed by atoms with E-state index in [1.807, 2.05) is 7.11 Å². The molecule has 2 saturated carbocycles. The van der Waals surface area contributed by atoms with Gasteiger partial charge in [-0.3, -0.25) is 4.79 Å². The lowest BCUT2D eigenvalue weighted by Crippen LogP contribution is -2.46. The van der Waals surface area contributed by atoms with Gasteiger partial charge in [-0.1, -0.05) is 20.3 Å². The van der Waals surface area contributed by atoms with E-state index in [2.05, 4.69) is 13.8 Å². The molecule has 170 valence electrons. The highest BCUT2D eigenvalue weighted by Crippen LogP contribution is 2.50. The van der Waals surface area contributed by atoms with Crippen molar-refractivity contribution in [2.24, 2.45) is 29.6 Å². The van der Waals surface area contributed by atoms with Gasteiger partial charge in [-0.25, -0.2) is 0 Å². The Morgan fingerprint density at radius 2 is 1.72 bits per heavy atom. The third-order valence-corrected chi connectivity index (χ3v) is 7.75. The molecule has 0 aromatic carbocycles. The molecule has 8 atom stereocenters. The molecule has 0 spiro atoms. The summed E-state index contributed by atoms with van der Waals surface area (Å²) < 4.78 is 17.4. The number of rotatable bonds is 10. The fourth-order valence-electron chi connectivity index (χ4n) is 6.01. The van der Waals surface area contributed by atoms with Crippen LogP contribution in [0.25, 0.3) is 0 Å². The van der Waals surface area contributed by atoms with Crippen LogP contribution in [0.2, 0.25) is 0 Å². The number of nitrogens with zero attached hydrogens (tertiary/aromatic N) is 1. The summed E-state index contributed by atoms with van der Waals surface area (Å²) in [5, 5.41) is 0. The normalized spacial score (nSPS) is 34.3. The Morgan fingerprint density at radius 1 is 1.03 bits per heavy atom. The third kappa shape index (κ3) is 6.67. The summed E-state index contributed by atoms with van der Waals surface area (Å²) in [4.78, 5) is 13.7. The second-order valence-corrected chi connectivity index (χ2v) is 9.93. The van der Waals surface area contributed by atoms with Gasteiger partial charge in [0.15, 0.2) is 0 Å². The van der Waals surface area contributed by atoms with Crippen LogP contribution in [-0.4, -0.2) is 64.5 Å². The molecule has 3 unspecified atom stereocenters. The summed E-state index contributed by atoms with van der Waals surface area (Å²) >= 11 is 0. The molecule has 0 bridgehead atoms. The van der Waals surface area contributed by atoms with Crippen molar-refractivity contribution in [1.82, 2.24) is 4.90 Å². The van der Waals surface area contributed by atoms with Crippen molar-refractivity contribution >= 4 is 5.91 Å². The maximum absolute atomic E-state index is 12.1. The van der Waals surface area contributed by atoms with Gasteiger partial charge in [0.2, 0.25) is 5.91 Å². The minimum atomic E-state index is -0.0892. The molecule has 2 rings (SSSR count). The predicted molar refractivity (Wildman–Crippen MR) is 117 cm³/mol. The largest absolute Gasteiger partial charge is 0.381 e. The van der Waals surface area contributed by atoms with E-state index in [9.17, 15) is 4.79 Å². The molecule has 0 aliphatic heterocycles. The van der Waals surface area contributed by atoms with Gasteiger partial charge in [-0.2, -0.15) is 0 Å². The average Bonchev–Trinajstić information content (AvgIpc) is 2.70. The standard InChI is InChI=1S/C24H45NO4/c1-16-12-18-9-8-17(2)21(24(18)22(13-16)29-7)11-10-19(27-5)14-20(28-6)15-23(26)25(3)4/h16-22,24H,8-15H2,1-7H3/t16-,17-,18?,19?,20?,21-,22-,24-/m0/s1. The van der Waals surface area contributed by atoms with Crippen molar-refractivity contribution in [3.8, 4) is 0 Å². The summed E-state index contributed by atoms with van der Waals surface area (Å²) in [5.41, 5.74) is 0. The number of hydrogen-bond acceptors (Lipinski definition) is 4. The fourth-order valence-corrected chi connectivity index (χ4v) is 6.01. The Balaban J connectivity index is 1.97. The molecule has 0 heterocycles. The quantitative estimate of drug-likeness (QED) is 0.535. The molecule has 2 aliphatic rings. The number of carbonyl (C=O) groups excluding carboxylic acids is 1. The Labute approximate surface area is 178 Å². The van der Waals surface area contributed by atoms with Crippen molar-refractivity contribution in [3.05, 3.63) is 0 Å². The first-order valence-electron chi connectivity index (χ1n) is 11.6. The molecule has 0 aromatic rings. The van der Waals surface area contributed by atoms with Gasteiger partial charge in [0, 0.05) is 41.8 Å². The number of ether oxygens (including phenoxy) is 3. The van der Waals surface area contributed by atoms with E-state index in [1.54, 1.807) is 33.2 Å². The van der Waals surface area contributed by atoms with Gasteiger partial charge in [0.1, 0.15) is 0 Å². The molecular formula is C24H45NO4. The van der Waals surface area contributed by atoms with E-state index >= 15 is 0 Å². The Bertz CT molecular complexity index is 489. The molecule has 29 heavy (non-hydrogen) atoms. The zero-order valence-electron chi connectivity index (χ0n) is 19.9. The van der Waals surface area contributed by atoms with Crippen LogP contribution >= 0.6 is 0 Å². The fraction of sp³-hybridized carbons (Fsp3) is 0.958. The molecule has 1 amide bonds. The van der Waals surface area contributed by atoms with E-state index in [4.69, 9.17) is 14.2 Å². The first kappa shape index (κ1) is 24.6. The summed E-state index contributed by atoms with van der Waals surface area (Å²) in [6, 6.07) is 0. The van der Waals surface area contributed by atoms with Gasteiger partial charge < -0.3 is 19.1 Å². The van der Waals surface area contributed by atoms with E-state index in [0.717, 1.165) is 30.6 Å². The van der Waals surface area contributed by atoms with Gasteiger partial charge in [-0.05, 0) is 61.7 Å². The molecule has 0 radical (unpaired) electrons. The second-order valence-electron chi connectivity index (χ2n) is 9.93. The first-order chi connectivity index (χ1) is 13.8. The van der Waals surface area contributed by atoms with Crippen molar-refractivity contribution in [2.75, 3.05) is 35.4 Å². The van der Waals surface area contributed by atoms with E-state index in [0.29, 0.717) is 24.4 Å². The highest BCUT2D eigenvalue weighted by atomic mass is 16.5. The number of fused-ring (bicyclic) bond motifs is 1. The van der Waals surface area contributed by atoms with Gasteiger partial charge in [-0.15, -0.1) is 0 Å².